The largest absolute Gasteiger partial charge is 0.318 e. The average molecular weight is 244 g/mol. The number of ketones is 1. The summed E-state index contributed by atoms with van der Waals surface area (Å²) in [4.78, 5) is 10.6. The lowest BCUT2D eigenvalue weighted by Crippen LogP contribution is -1.94. The van der Waals surface area contributed by atoms with Crippen molar-refractivity contribution >= 4 is 14.0 Å². The summed E-state index contributed by atoms with van der Waals surface area (Å²) in [6.07, 6.45) is 0.556. The van der Waals surface area contributed by atoms with Crippen LogP contribution in [0.25, 0.3) is 0 Å². The molecule has 0 heterocycles. The van der Waals surface area contributed by atoms with Gasteiger partial charge in [-0.2, -0.15) is 0 Å². The first-order chi connectivity index (χ1) is 7.60. The van der Waals surface area contributed by atoms with Crippen molar-refractivity contribution in [3.63, 3.8) is 0 Å². The van der Waals surface area contributed by atoms with Gasteiger partial charge in [-0.3, -0.25) is 9.36 Å². The van der Waals surface area contributed by atoms with Crippen molar-refractivity contribution in [2.45, 2.75) is 13.3 Å². The molecule has 0 atom stereocenters. The van der Waals surface area contributed by atoms with Gasteiger partial charge in [-0.15, -0.1) is 0 Å². The number of benzene rings is 1. The summed E-state index contributed by atoms with van der Waals surface area (Å²) in [5.74, 6) is 0.214. The van der Waals surface area contributed by atoms with E-state index in [1.165, 1.54) is 14.2 Å². The van der Waals surface area contributed by atoms with Crippen LogP contribution in [0.3, 0.4) is 0 Å². The lowest BCUT2D eigenvalue weighted by Gasteiger charge is -1.93. The molecule has 0 aromatic heterocycles. The Labute approximate surface area is 96.5 Å². The van der Waals surface area contributed by atoms with Crippen molar-refractivity contribution in [1.29, 1.82) is 0 Å². The number of carbonyl (C=O) groups is 1. The first kappa shape index (κ1) is 15.0. The summed E-state index contributed by atoms with van der Waals surface area (Å²) < 4.78 is 18.4. The maximum atomic E-state index is 10.6. The van der Waals surface area contributed by atoms with Crippen LogP contribution in [-0.2, 0) is 24.8 Å². The third kappa shape index (κ3) is 8.36. The van der Waals surface area contributed by atoms with Crippen molar-refractivity contribution in [3.8, 4) is 0 Å². The molecule has 0 aliphatic heterocycles. The van der Waals surface area contributed by atoms with Gasteiger partial charge in [0.05, 0.1) is 0 Å². The average Bonchev–Trinajstić information content (AvgIpc) is 2.29. The smallest absolute Gasteiger partial charge is 0.314 e. The highest BCUT2D eigenvalue weighted by Gasteiger charge is 1.93. The van der Waals surface area contributed by atoms with Crippen LogP contribution in [0.15, 0.2) is 30.3 Å². The van der Waals surface area contributed by atoms with Gasteiger partial charge in [0.2, 0.25) is 0 Å². The highest BCUT2D eigenvalue weighted by atomic mass is 31.1. The Kier molecular flexibility index (Phi) is 8.72. The molecule has 0 aliphatic carbocycles. The fraction of sp³-hybridized carbons (Fsp3) is 0.364. The standard InChI is InChI=1S/C9H10O.C2H7O3P/c1-8(10)7-9-5-3-2-4-6-9;1-4-6(3)5-2/h2-6H,7H2,1H3;6H,1-2H3. The zero-order valence-electron chi connectivity index (χ0n) is 9.73. The summed E-state index contributed by atoms with van der Waals surface area (Å²) in [5.41, 5.74) is 1.09. The molecular weight excluding hydrogens is 227 g/mol. The van der Waals surface area contributed by atoms with Gasteiger partial charge < -0.3 is 9.05 Å². The van der Waals surface area contributed by atoms with E-state index in [2.05, 4.69) is 9.05 Å². The van der Waals surface area contributed by atoms with Gasteiger partial charge in [-0.1, -0.05) is 30.3 Å². The summed E-state index contributed by atoms with van der Waals surface area (Å²) in [6.45, 7) is 1.60. The minimum atomic E-state index is -2.12. The third-order valence-corrected chi connectivity index (χ3v) is 2.30. The minimum Gasteiger partial charge on any atom is -0.314 e. The zero-order valence-corrected chi connectivity index (χ0v) is 10.7. The predicted octanol–water partition coefficient (Wildman–Crippen LogP) is 2.49. The molecule has 0 unspecified atom stereocenters. The molecule has 1 rings (SSSR count). The molecule has 4 nitrogen and oxygen atoms in total. The predicted molar refractivity (Wildman–Crippen MR) is 63.8 cm³/mol. The van der Waals surface area contributed by atoms with Crippen molar-refractivity contribution in [2.24, 2.45) is 0 Å². The fourth-order valence-electron chi connectivity index (χ4n) is 0.967. The second kappa shape index (κ2) is 9.28. The quantitative estimate of drug-likeness (QED) is 0.763. The number of carbonyl (C=O) groups excluding carboxylic acids is 1. The Bertz CT molecular complexity index is 318. The van der Waals surface area contributed by atoms with Crippen molar-refractivity contribution in [1.82, 2.24) is 0 Å². The molecule has 1 aromatic carbocycles. The van der Waals surface area contributed by atoms with Gasteiger partial charge >= 0.3 is 8.25 Å². The van der Waals surface area contributed by atoms with Crippen LogP contribution >= 0.6 is 8.25 Å². The molecule has 0 radical (unpaired) electrons. The Balaban J connectivity index is 0.000000325. The highest BCUT2D eigenvalue weighted by molar-refractivity contribution is 7.33. The maximum Gasteiger partial charge on any atom is 0.318 e. The molecule has 0 N–H and O–H groups in total. The van der Waals surface area contributed by atoms with E-state index in [0.29, 0.717) is 6.42 Å². The summed E-state index contributed by atoms with van der Waals surface area (Å²) in [6, 6.07) is 9.75. The van der Waals surface area contributed by atoms with Crippen LogP contribution < -0.4 is 0 Å². The SMILES string of the molecule is CC(=O)Cc1ccccc1.CO[PH](=O)OC. The first-order valence-corrected chi connectivity index (χ1v) is 5.98. The van der Waals surface area contributed by atoms with Gasteiger partial charge in [0.25, 0.3) is 0 Å². The Hall–Kier alpha value is -0.960. The van der Waals surface area contributed by atoms with E-state index in [1.807, 2.05) is 30.3 Å². The van der Waals surface area contributed by atoms with E-state index in [1.54, 1.807) is 6.92 Å². The van der Waals surface area contributed by atoms with Crippen LogP contribution in [0.5, 0.6) is 0 Å². The summed E-state index contributed by atoms with van der Waals surface area (Å²) in [7, 11) is 0.558. The topological polar surface area (TPSA) is 52.6 Å². The van der Waals surface area contributed by atoms with Gasteiger partial charge in [-0.25, -0.2) is 0 Å². The van der Waals surface area contributed by atoms with Crippen LogP contribution in [0.2, 0.25) is 0 Å². The molecule has 0 fully saturated rings. The van der Waals surface area contributed by atoms with Gasteiger partial charge in [-0.05, 0) is 12.5 Å². The Morgan fingerprint density at radius 3 is 2.00 bits per heavy atom. The summed E-state index contributed by atoms with van der Waals surface area (Å²) >= 11 is 0. The third-order valence-electron chi connectivity index (χ3n) is 1.63. The lowest BCUT2D eigenvalue weighted by molar-refractivity contribution is -0.116. The molecule has 0 bridgehead atoms. The molecule has 0 saturated carbocycles. The molecule has 0 saturated heterocycles. The minimum absolute atomic E-state index is 0.214. The first-order valence-electron chi connectivity index (χ1n) is 4.75. The molecule has 5 heteroatoms. The van der Waals surface area contributed by atoms with E-state index in [9.17, 15) is 9.36 Å². The van der Waals surface area contributed by atoms with Gasteiger partial charge in [0.1, 0.15) is 5.78 Å². The van der Waals surface area contributed by atoms with E-state index < -0.39 is 8.25 Å². The molecular formula is C11H17O4P. The Morgan fingerprint density at radius 1 is 1.19 bits per heavy atom. The van der Waals surface area contributed by atoms with E-state index in [0.717, 1.165) is 5.56 Å². The van der Waals surface area contributed by atoms with Crippen molar-refractivity contribution < 1.29 is 18.4 Å². The highest BCUT2D eigenvalue weighted by Crippen LogP contribution is 2.18. The van der Waals surface area contributed by atoms with E-state index in [4.69, 9.17) is 0 Å². The second-order valence-corrected chi connectivity index (χ2v) is 4.34. The van der Waals surface area contributed by atoms with Crippen LogP contribution in [0.4, 0.5) is 0 Å². The van der Waals surface area contributed by atoms with Crippen molar-refractivity contribution in [2.75, 3.05) is 14.2 Å². The monoisotopic (exact) mass is 244 g/mol. The molecule has 1 aromatic rings. The van der Waals surface area contributed by atoms with Crippen LogP contribution in [-0.4, -0.2) is 20.0 Å². The normalized spacial score (nSPS) is 9.50. The molecule has 16 heavy (non-hydrogen) atoms. The lowest BCUT2D eigenvalue weighted by atomic mass is 10.1. The zero-order chi connectivity index (χ0) is 12.4. The summed E-state index contributed by atoms with van der Waals surface area (Å²) in [5, 5.41) is 0. The van der Waals surface area contributed by atoms with Crippen molar-refractivity contribution in [3.05, 3.63) is 35.9 Å². The Morgan fingerprint density at radius 2 is 1.69 bits per heavy atom. The van der Waals surface area contributed by atoms with Gasteiger partial charge in [0.15, 0.2) is 0 Å². The fourth-order valence-corrected chi connectivity index (χ4v) is 1.13. The molecule has 0 spiro atoms. The number of hydrogen-bond acceptors (Lipinski definition) is 4. The molecule has 0 amide bonds. The van der Waals surface area contributed by atoms with Crippen LogP contribution in [0, 0.1) is 0 Å². The van der Waals surface area contributed by atoms with Gasteiger partial charge in [0, 0.05) is 20.6 Å². The number of hydrogen-bond donors (Lipinski definition) is 0. The molecule has 90 valence electrons. The van der Waals surface area contributed by atoms with Crippen LogP contribution in [0.1, 0.15) is 12.5 Å². The number of Topliss-reactive ketones (excluding diaryl/α,β-unsaturated/α-hetero) is 1. The van der Waals surface area contributed by atoms with E-state index >= 15 is 0 Å². The second-order valence-electron chi connectivity index (χ2n) is 3.02. The molecule has 0 aliphatic rings. The number of rotatable bonds is 4. The maximum absolute atomic E-state index is 10.6. The van der Waals surface area contributed by atoms with E-state index in [-0.39, 0.29) is 5.78 Å².